The fourth-order valence-electron chi connectivity index (χ4n) is 1.44. The predicted octanol–water partition coefficient (Wildman–Crippen LogP) is 1.64. The summed E-state index contributed by atoms with van der Waals surface area (Å²) < 4.78 is 43.1. The maximum Gasteiger partial charge on any atom is 0.453 e. The molecule has 2 heterocycles. The third-order valence-electron chi connectivity index (χ3n) is 2.16. The van der Waals surface area contributed by atoms with Gasteiger partial charge in [0.05, 0.1) is 6.61 Å². The van der Waals surface area contributed by atoms with Gasteiger partial charge in [0, 0.05) is 5.70 Å². The van der Waals surface area contributed by atoms with E-state index in [0.29, 0.717) is 0 Å². The van der Waals surface area contributed by atoms with E-state index < -0.39 is 18.0 Å². The number of hydrogen-bond donors (Lipinski definition) is 1. The number of fused-ring (bicyclic) bond motifs is 1. The summed E-state index contributed by atoms with van der Waals surface area (Å²) in [6, 6.07) is 0. The van der Waals surface area contributed by atoms with Crippen molar-refractivity contribution >= 4 is 17.6 Å². The molecule has 9 heteroatoms. The molecule has 1 aromatic heterocycles. The van der Waals surface area contributed by atoms with Crippen molar-refractivity contribution in [1.82, 2.24) is 14.8 Å². The van der Waals surface area contributed by atoms with Crippen molar-refractivity contribution in [3.63, 3.8) is 0 Å². The van der Waals surface area contributed by atoms with E-state index in [4.69, 9.17) is 4.74 Å². The first-order valence-corrected chi connectivity index (χ1v) is 5.22. The smallest absolute Gasteiger partial charge is 0.453 e. The molecule has 0 atom stereocenters. The molecular weight excluding hydrogens is 265 g/mol. The second kappa shape index (κ2) is 4.41. The second-order valence-electron chi connectivity index (χ2n) is 3.57. The van der Waals surface area contributed by atoms with Gasteiger partial charge < -0.3 is 10.1 Å². The van der Waals surface area contributed by atoms with Crippen LogP contribution in [0.1, 0.15) is 12.7 Å². The van der Waals surface area contributed by atoms with E-state index in [1.165, 1.54) is 6.08 Å². The Morgan fingerprint density at radius 2 is 2.26 bits per heavy atom. The lowest BCUT2D eigenvalue weighted by atomic mass is 10.3. The first-order chi connectivity index (χ1) is 8.82. The van der Waals surface area contributed by atoms with E-state index in [1.807, 2.05) is 0 Å². The van der Waals surface area contributed by atoms with Gasteiger partial charge in [-0.1, -0.05) is 6.58 Å². The van der Waals surface area contributed by atoms with E-state index in [0.717, 1.165) is 4.68 Å². The topological polar surface area (TPSA) is 69.0 Å². The Morgan fingerprint density at radius 3 is 2.84 bits per heavy atom. The fraction of sp³-hybridized carbons (Fsp3) is 0.300. The van der Waals surface area contributed by atoms with Crippen LogP contribution in [0.2, 0.25) is 0 Å². The summed E-state index contributed by atoms with van der Waals surface area (Å²) in [5, 5.41) is 5.74. The summed E-state index contributed by atoms with van der Waals surface area (Å²) >= 11 is 0. The van der Waals surface area contributed by atoms with E-state index in [2.05, 4.69) is 22.0 Å². The highest BCUT2D eigenvalue weighted by atomic mass is 19.4. The average Bonchev–Trinajstić information content (AvgIpc) is 2.71. The summed E-state index contributed by atoms with van der Waals surface area (Å²) in [6.45, 7) is 5.19. The third kappa shape index (κ3) is 2.44. The average molecular weight is 274 g/mol. The zero-order valence-corrected chi connectivity index (χ0v) is 9.78. The number of hydrogen-bond acceptors (Lipinski definition) is 5. The summed E-state index contributed by atoms with van der Waals surface area (Å²) in [5.41, 5.74) is 0.0419. The summed E-state index contributed by atoms with van der Waals surface area (Å²) in [5.74, 6) is -2.38. The number of ether oxygens (including phenoxy) is 1. The summed E-state index contributed by atoms with van der Waals surface area (Å²) in [6.07, 6.45) is -3.47. The van der Waals surface area contributed by atoms with Gasteiger partial charge in [0.1, 0.15) is 0 Å². The van der Waals surface area contributed by atoms with Crippen molar-refractivity contribution in [1.29, 1.82) is 0 Å². The molecule has 6 nitrogen and oxygen atoms in total. The number of alkyl halides is 3. The van der Waals surface area contributed by atoms with Crippen LogP contribution in [0.25, 0.3) is 5.70 Å². The van der Waals surface area contributed by atoms with Gasteiger partial charge in [0.15, 0.2) is 5.70 Å². The molecule has 2 rings (SSSR count). The molecule has 0 aliphatic carbocycles. The molecule has 0 unspecified atom stereocenters. The van der Waals surface area contributed by atoms with Crippen LogP contribution in [0.5, 0.6) is 0 Å². The largest absolute Gasteiger partial charge is 0.461 e. The van der Waals surface area contributed by atoms with Crippen molar-refractivity contribution in [2.75, 3.05) is 11.9 Å². The SMILES string of the molecule is C=C1C=C(C(=O)OCC)n2nc(C(F)(F)F)nc2N1. The van der Waals surface area contributed by atoms with Crippen molar-refractivity contribution in [3.05, 3.63) is 24.2 Å². The van der Waals surface area contributed by atoms with Gasteiger partial charge in [0.2, 0.25) is 5.95 Å². The minimum Gasteiger partial charge on any atom is -0.461 e. The number of halogens is 3. The zero-order chi connectivity index (χ0) is 14.2. The van der Waals surface area contributed by atoms with Gasteiger partial charge in [0.25, 0.3) is 5.82 Å². The van der Waals surface area contributed by atoms with Crippen LogP contribution in [0.4, 0.5) is 19.1 Å². The molecule has 102 valence electrons. The number of aromatic nitrogens is 3. The molecule has 0 radical (unpaired) electrons. The van der Waals surface area contributed by atoms with Crippen LogP contribution in [0.3, 0.4) is 0 Å². The zero-order valence-electron chi connectivity index (χ0n) is 9.78. The number of carbonyl (C=O) groups is 1. The molecule has 1 aromatic rings. The Morgan fingerprint density at radius 1 is 1.58 bits per heavy atom. The molecular formula is C10H9F3N4O2. The number of anilines is 1. The van der Waals surface area contributed by atoms with Crippen LogP contribution in [-0.2, 0) is 15.7 Å². The fourth-order valence-corrected chi connectivity index (χ4v) is 1.44. The van der Waals surface area contributed by atoms with E-state index in [-0.39, 0.29) is 23.9 Å². The van der Waals surface area contributed by atoms with Gasteiger partial charge in [-0.3, -0.25) is 0 Å². The minimum absolute atomic E-state index is 0.0895. The highest BCUT2D eigenvalue weighted by molar-refractivity contribution is 6.11. The Kier molecular flexibility index (Phi) is 3.05. The first-order valence-electron chi connectivity index (χ1n) is 5.22. The number of carbonyl (C=O) groups excluding carboxylic acids is 1. The van der Waals surface area contributed by atoms with Gasteiger partial charge >= 0.3 is 12.1 Å². The predicted molar refractivity (Wildman–Crippen MR) is 58.7 cm³/mol. The number of nitrogens with one attached hydrogen (secondary N) is 1. The normalized spacial score (nSPS) is 14.5. The Labute approximate surface area is 105 Å². The molecule has 1 aliphatic heterocycles. The Bertz CT molecular complexity index is 574. The molecule has 0 saturated carbocycles. The van der Waals surface area contributed by atoms with Gasteiger partial charge in [-0.2, -0.15) is 22.8 Å². The third-order valence-corrected chi connectivity index (χ3v) is 2.16. The first kappa shape index (κ1) is 13.1. The van der Waals surface area contributed by atoms with E-state index >= 15 is 0 Å². The highest BCUT2D eigenvalue weighted by Crippen LogP contribution is 2.30. The molecule has 1 aliphatic rings. The molecule has 1 N–H and O–H groups in total. The maximum atomic E-state index is 12.5. The quantitative estimate of drug-likeness (QED) is 0.830. The van der Waals surface area contributed by atoms with Crippen LogP contribution in [0, 0.1) is 0 Å². The lowest BCUT2D eigenvalue weighted by Crippen LogP contribution is -2.20. The Hall–Kier alpha value is -2.32. The monoisotopic (exact) mass is 274 g/mol. The number of esters is 1. The van der Waals surface area contributed by atoms with Crippen LogP contribution < -0.4 is 5.32 Å². The van der Waals surface area contributed by atoms with Crippen LogP contribution >= 0.6 is 0 Å². The summed E-state index contributed by atoms with van der Waals surface area (Å²) in [4.78, 5) is 14.9. The van der Waals surface area contributed by atoms with Gasteiger partial charge in [-0.15, -0.1) is 5.10 Å². The highest BCUT2D eigenvalue weighted by Gasteiger charge is 2.38. The van der Waals surface area contributed by atoms with Crippen LogP contribution in [-0.4, -0.2) is 27.3 Å². The van der Waals surface area contributed by atoms with E-state index in [1.54, 1.807) is 6.92 Å². The molecule has 0 aromatic carbocycles. The van der Waals surface area contributed by atoms with Crippen LogP contribution in [0.15, 0.2) is 18.4 Å². The van der Waals surface area contributed by atoms with Gasteiger partial charge in [-0.05, 0) is 13.0 Å². The van der Waals surface area contributed by atoms with E-state index in [9.17, 15) is 18.0 Å². The molecule has 0 fully saturated rings. The molecule has 0 bridgehead atoms. The van der Waals surface area contributed by atoms with Crippen molar-refractivity contribution in [3.8, 4) is 0 Å². The van der Waals surface area contributed by atoms with Crippen molar-refractivity contribution < 1.29 is 22.7 Å². The molecule has 19 heavy (non-hydrogen) atoms. The number of allylic oxidation sites excluding steroid dienone is 1. The van der Waals surface area contributed by atoms with Crippen molar-refractivity contribution in [2.45, 2.75) is 13.1 Å². The second-order valence-corrected chi connectivity index (χ2v) is 3.57. The van der Waals surface area contributed by atoms with Crippen molar-refractivity contribution in [2.24, 2.45) is 0 Å². The molecule has 0 spiro atoms. The number of rotatable bonds is 2. The standard InChI is InChI=1S/C10H9F3N4O2/c1-3-19-7(18)6-4-5(2)14-9-15-8(10(11,12)13)16-17(6)9/h4H,2-3H2,1H3,(H,14,15,16). The lowest BCUT2D eigenvalue weighted by Gasteiger charge is -2.15. The Balaban J connectivity index is 2.46. The minimum atomic E-state index is -4.70. The lowest BCUT2D eigenvalue weighted by molar-refractivity contribution is -0.145. The molecule has 0 amide bonds. The maximum absolute atomic E-state index is 12.5. The molecule has 0 saturated heterocycles. The summed E-state index contributed by atoms with van der Waals surface area (Å²) in [7, 11) is 0. The number of nitrogens with zero attached hydrogens (tertiary/aromatic N) is 3. The van der Waals surface area contributed by atoms with Gasteiger partial charge in [-0.25, -0.2) is 4.79 Å².